The van der Waals surface area contributed by atoms with E-state index in [1.165, 1.54) is 24.8 Å². The van der Waals surface area contributed by atoms with Gasteiger partial charge in [-0.3, -0.25) is 4.90 Å². The highest BCUT2D eigenvalue weighted by Gasteiger charge is 2.24. The summed E-state index contributed by atoms with van der Waals surface area (Å²) in [6, 6.07) is 8.63. The van der Waals surface area contributed by atoms with E-state index in [1.807, 2.05) is 12.1 Å². The quantitative estimate of drug-likeness (QED) is 0.886. The second-order valence-electron chi connectivity index (χ2n) is 6.08. The highest BCUT2D eigenvalue weighted by molar-refractivity contribution is 5.30. The summed E-state index contributed by atoms with van der Waals surface area (Å²) < 4.78 is 5.26. The second-order valence-corrected chi connectivity index (χ2v) is 6.08. The number of nitrogens with two attached hydrogens (primary N) is 2. The fourth-order valence-corrected chi connectivity index (χ4v) is 3.27. The smallest absolute Gasteiger partial charge is 0.225 e. The maximum absolute atomic E-state index is 5.70. The lowest BCUT2D eigenvalue weighted by atomic mass is 10.0. The number of likely N-dealkylation sites (tertiary alicyclic amines) is 1. The summed E-state index contributed by atoms with van der Waals surface area (Å²) in [5, 5.41) is 0. The SMILES string of the molecule is COc1ccc(C2CCCCCN2Cc2nc(N)nc(N)n2)cc1. The average molecular weight is 328 g/mol. The fourth-order valence-electron chi connectivity index (χ4n) is 3.27. The number of hydrogen-bond donors (Lipinski definition) is 2. The maximum atomic E-state index is 5.70. The summed E-state index contributed by atoms with van der Waals surface area (Å²) in [5.41, 5.74) is 12.7. The van der Waals surface area contributed by atoms with Crippen LogP contribution in [0.3, 0.4) is 0 Å². The largest absolute Gasteiger partial charge is 0.497 e. The van der Waals surface area contributed by atoms with Crippen LogP contribution in [-0.4, -0.2) is 33.5 Å². The Morgan fingerprint density at radius 3 is 2.42 bits per heavy atom. The molecule has 1 aliphatic heterocycles. The summed E-state index contributed by atoms with van der Waals surface area (Å²) in [6.07, 6.45) is 4.74. The van der Waals surface area contributed by atoms with Gasteiger partial charge in [0.1, 0.15) is 11.6 Å². The van der Waals surface area contributed by atoms with Gasteiger partial charge in [0, 0.05) is 6.04 Å². The summed E-state index contributed by atoms with van der Waals surface area (Å²) in [4.78, 5) is 14.7. The normalized spacial score (nSPS) is 19.0. The van der Waals surface area contributed by atoms with Gasteiger partial charge >= 0.3 is 0 Å². The van der Waals surface area contributed by atoms with E-state index in [-0.39, 0.29) is 11.9 Å². The van der Waals surface area contributed by atoms with Gasteiger partial charge in [0.2, 0.25) is 11.9 Å². The third kappa shape index (κ3) is 3.91. The fraction of sp³-hybridized carbons (Fsp3) is 0.471. The molecule has 0 spiro atoms. The molecule has 1 aromatic carbocycles. The first-order valence-corrected chi connectivity index (χ1v) is 8.29. The summed E-state index contributed by atoms with van der Waals surface area (Å²) >= 11 is 0. The van der Waals surface area contributed by atoms with Crippen LogP contribution in [-0.2, 0) is 6.54 Å². The number of ether oxygens (including phenoxy) is 1. The van der Waals surface area contributed by atoms with Crippen LogP contribution in [0.15, 0.2) is 24.3 Å². The van der Waals surface area contributed by atoms with Crippen LogP contribution in [0.1, 0.15) is 43.1 Å². The Morgan fingerprint density at radius 1 is 1.04 bits per heavy atom. The number of nitrogen functional groups attached to an aromatic ring is 2. The van der Waals surface area contributed by atoms with Crippen molar-refractivity contribution in [1.29, 1.82) is 0 Å². The standard InChI is InChI=1S/C17H24N6O/c1-24-13-8-6-12(7-9-13)14-5-3-2-4-10-23(14)11-15-20-16(18)22-17(19)21-15/h6-9,14H,2-5,10-11H2,1H3,(H4,18,19,20,21,22). The lowest BCUT2D eigenvalue weighted by Gasteiger charge is -2.29. The van der Waals surface area contributed by atoms with E-state index in [0.29, 0.717) is 18.4 Å². The predicted molar refractivity (Wildman–Crippen MR) is 93.3 cm³/mol. The van der Waals surface area contributed by atoms with E-state index in [9.17, 15) is 0 Å². The number of benzene rings is 1. The van der Waals surface area contributed by atoms with Crippen LogP contribution in [0, 0.1) is 0 Å². The maximum Gasteiger partial charge on any atom is 0.225 e. The van der Waals surface area contributed by atoms with Gasteiger partial charge in [0.25, 0.3) is 0 Å². The van der Waals surface area contributed by atoms with Gasteiger partial charge in [0.05, 0.1) is 13.7 Å². The summed E-state index contributed by atoms with van der Waals surface area (Å²) in [5.74, 6) is 1.85. The van der Waals surface area contributed by atoms with Crippen molar-refractivity contribution in [1.82, 2.24) is 19.9 Å². The van der Waals surface area contributed by atoms with Gasteiger partial charge in [-0.1, -0.05) is 25.0 Å². The summed E-state index contributed by atoms with van der Waals surface area (Å²) in [6.45, 7) is 1.62. The van der Waals surface area contributed by atoms with Crippen molar-refractivity contribution < 1.29 is 4.74 Å². The molecule has 1 saturated heterocycles. The van der Waals surface area contributed by atoms with Crippen LogP contribution < -0.4 is 16.2 Å². The Morgan fingerprint density at radius 2 is 1.75 bits per heavy atom. The van der Waals surface area contributed by atoms with Crippen LogP contribution >= 0.6 is 0 Å². The van der Waals surface area contributed by atoms with Crippen molar-refractivity contribution in [3.8, 4) is 5.75 Å². The number of methoxy groups -OCH3 is 1. The van der Waals surface area contributed by atoms with Gasteiger partial charge in [-0.25, -0.2) is 0 Å². The van der Waals surface area contributed by atoms with Crippen molar-refractivity contribution >= 4 is 11.9 Å². The zero-order chi connectivity index (χ0) is 16.9. The van der Waals surface area contributed by atoms with Gasteiger partial charge in [-0.15, -0.1) is 0 Å². The van der Waals surface area contributed by atoms with Crippen molar-refractivity contribution in [2.75, 3.05) is 25.1 Å². The van der Waals surface area contributed by atoms with Gasteiger partial charge in [0.15, 0.2) is 0 Å². The van der Waals surface area contributed by atoms with Gasteiger partial charge in [-0.2, -0.15) is 15.0 Å². The Kier molecular flexibility index (Phi) is 5.10. The Balaban J connectivity index is 1.83. The molecule has 7 nitrogen and oxygen atoms in total. The lowest BCUT2D eigenvalue weighted by molar-refractivity contribution is 0.187. The number of anilines is 2. The van der Waals surface area contributed by atoms with Crippen molar-refractivity contribution in [2.24, 2.45) is 0 Å². The number of hydrogen-bond acceptors (Lipinski definition) is 7. The number of aromatic nitrogens is 3. The molecule has 1 unspecified atom stereocenters. The van der Waals surface area contributed by atoms with Crippen LogP contribution in [0.5, 0.6) is 5.75 Å². The zero-order valence-electron chi connectivity index (χ0n) is 14.0. The molecule has 2 aromatic rings. The van der Waals surface area contributed by atoms with E-state index < -0.39 is 0 Å². The number of nitrogens with zero attached hydrogens (tertiary/aromatic N) is 4. The Labute approximate surface area is 142 Å². The minimum atomic E-state index is 0.174. The predicted octanol–water partition coefficient (Wildman–Crippen LogP) is 2.16. The minimum Gasteiger partial charge on any atom is -0.497 e. The first-order valence-electron chi connectivity index (χ1n) is 8.29. The highest BCUT2D eigenvalue weighted by Crippen LogP contribution is 2.32. The Hall–Kier alpha value is -2.41. The Bertz CT molecular complexity index is 655. The van der Waals surface area contributed by atoms with E-state index in [4.69, 9.17) is 16.2 Å². The third-order valence-corrected chi connectivity index (χ3v) is 4.43. The second kappa shape index (κ2) is 7.44. The molecular formula is C17H24N6O. The van der Waals surface area contributed by atoms with Crippen molar-refractivity contribution in [3.63, 3.8) is 0 Å². The molecule has 128 valence electrons. The van der Waals surface area contributed by atoms with Crippen LogP contribution in [0.4, 0.5) is 11.9 Å². The molecule has 2 heterocycles. The third-order valence-electron chi connectivity index (χ3n) is 4.43. The summed E-state index contributed by atoms with van der Waals surface area (Å²) in [7, 11) is 1.68. The molecule has 24 heavy (non-hydrogen) atoms. The van der Waals surface area contributed by atoms with E-state index in [1.54, 1.807) is 7.11 Å². The molecule has 0 aliphatic carbocycles. The molecule has 1 fully saturated rings. The highest BCUT2D eigenvalue weighted by atomic mass is 16.5. The molecule has 7 heteroatoms. The molecule has 4 N–H and O–H groups in total. The van der Waals surface area contributed by atoms with Crippen LogP contribution in [0.25, 0.3) is 0 Å². The molecular weight excluding hydrogens is 304 g/mol. The molecule has 1 aromatic heterocycles. The molecule has 1 atom stereocenters. The first-order chi connectivity index (χ1) is 11.7. The van der Waals surface area contributed by atoms with E-state index in [0.717, 1.165) is 18.7 Å². The minimum absolute atomic E-state index is 0.174. The zero-order valence-corrected chi connectivity index (χ0v) is 14.0. The van der Waals surface area contributed by atoms with Crippen molar-refractivity contribution in [3.05, 3.63) is 35.7 Å². The molecule has 0 bridgehead atoms. The average Bonchev–Trinajstić information content (AvgIpc) is 2.79. The lowest BCUT2D eigenvalue weighted by Crippen LogP contribution is -2.29. The van der Waals surface area contributed by atoms with Crippen molar-refractivity contribution in [2.45, 2.75) is 38.3 Å². The topological polar surface area (TPSA) is 103 Å². The van der Waals surface area contributed by atoms with Gasteiger partial charge in [-0.05, 0) is 37.1 Å². The van der Waals surface area contributed by atoms with E-state index in [2.05, 4.69) is 32.0 Å². The van der Waals surface area contributed by atoms with Gasteiger partial charge < -0.3 is 16.2 Å². The number of rotatable bonds is 4. The first kappa shape index (κ1) is 16.4. The molecule has 3 rings (SSSR count). The van der Waals surface area contributed by atoms with Crippen LogP contribution in [0.2, 0.25) is 0 Å². The molecule has 0 radical (unpaired) electrons. The van der Waals surface area contributed by atoms with E-state index >= 15 is 0 Å². The monoisotopic (exact) mass is 328 g/mol. The molecule has 0 amide bonds. The molecule has 1 aliphatic rings. The molecule has 0 saturated carbocycles.